The van der Waals surface area contributed by atoms with E-state index >= 15 is 0 Å². The van der Waals surface area contributed by atoms with Crippen molar-refractivity contribution in [2.75, 3.05) is 21.3 Å². The Labute approximate surface area is 120 Å². The highest BCUT2D eigenvalue weighted by molar-refractivity contribution is 5.71. The van der Waals surface area contributed by atoms with Crippen LogP contribution in [0.5, 0.6) is 11.5 Å². The fourth-order valence-electron chi connectivity index (χ4n) is 2.31. The van der Waals surface area contributed by atoms with Crippen molar-refractivity contribution in [3.63, 3.8) is 0 Å². The number of aryl methyl sites for hydroxylation is 1. The monoisotopic (exact) mass is 271 g/mol. The predicted molar refractivity (Wildman–Crippen MR) is 82.5 cm³/mol. The van der Waals surface area contributed by atoms with Gasteiger partial charge in [-0.25, -0.2) is 0 Å². The van der Waals surface area contributed by atoms with Crippen LogP contribution in [-0.4, -0.2) is 21.3 Å². The van der Waals surface area contributed by atoms with Crippen LogP contribution in [0.15, 0.2) is 36.4 Å². The minimum Gasteiger partial charge on any atom is -0.493 e. The third kappa shape index (κ3) is 2.94. The van der Waals surface area contributed by atoms with Gasteiger partial charge in [0.25, 0.3) is 0 Å². The number of hydrogen-bond donors (Lipinski definition) is 1. The molecule has 0 saturated carbocycles. The van der Waals surface area contributed by atoms with Gasteiger partial charge in [0.1, 0.15) is 0 Å². The molecule has 0 saturated heterocycles. The number of benzene rings is 2. The molecule has 1 N–H and O–H groups in total. The summed E-state index contributed by atoms with van der Waals surface area (Å²) in [6.07, 6.45) is 0. The van der Waals surface area contributed by atoms with E-state index in [0.29, 0.717) is 0 Å². The molecule has 3 nitrogen and oxygen atoms in total. The highest BCUT2D eigenvalue weighted by Gasteiger charge is 2.09. The van der Waals surface area contributed by atoms with Gasteiger partial charge in [-0.1, -0.05) is 29.8 Å². The molecule has 0 aliphatic rings. The van der Waals surface area contributed by atoms with E-state index in [1.807, 2.05) is 19.2 Å². The molecular formula is C17H21NO2. The molecule has 0 radical (unpaired) electrons. The second-order valence-electron chi connectivity index (χ2n) is 4.76. The van der Waals surface area contributed by atoms with Gasteiger partial charge < -0.3 is 14.8 Å². The molecule has 106 valence electrons. The Morgan fingerprint density at radius 3 is 2.35 bits per heavy atom. The van der Waals surface area contributed by atoms with Crippen molar-refractivity contribution in [3.05, 3.63) is 47.5 Å². The molecular weight excluding hydrogens is 250 g/mol. The molecule has 20 heavy (non-hydrogen) atoms. The quantitative estimate of drug-likeness (QED) is 0.904. The average molecular weight is 271 g/mol. The topological polar surface area (TPSA) is 30.5 Å². The molecule has 0 spiro atoms. The summed E-state index contributed by atoms with van der Waals surface area (Å²) in [7, 11) is 5.27. The van der Waals surface area contributed by atoms with E-state index < -0.39 is 0 Å². The van der Waals surface area contributed by atoms with Crippen molar-refractivity contribution in [2.24, 2.45) is 0 Å². The zero-order chi connectivity index (χ0) is 14.5. The van der Waals surface area contributed by atoms with Gasteiger partial charge in [0.15, 0.2) is 11.5 Å². The van der Waals surface area contributed by atoms with E-state index in [1.54, 1.807) is 14.2 Å². The molecule has 2 aromatic carbocycles. The molecule has 0 heterocycles. The van der Waals surface area contributed by atoms with Crippen LogP contribution in [0, 0.1) is 6.92 Å². The Hall–Kier alpha value is -2.00. The van der Waals surface area contributed by atoms with Crippen molar-refractivity contribution in [1.82, 2.24) is 5.32 Å². The maximum Gasteiger partial charge on any atom is 0.161 e. The maximum atomic E-state index is 5.39. The minimum atomic E-state index is 0.749. The normalized spacial score (nSPS) is 10.4. The largest absolute Gasteiger partial charge is 0.493 e. The van der Waals surface area contributed by atoms with Crippen molar-refractivity contribution in [1.29, 1.82) is 0 Å². The predicted octanol–water partition coefficient (Wildman–Crippen LogP) is 3.40. The third-order valence-corrected chi connectivity index (χ3v) is 3.33. The molecule has 0 bridgehead atoms. The molecule has 2 rings (SSSR count). The van der Waals surface area contributed by atoms with Gasteiger partial charge in [-0.05, 0) is 42.8 Å². The Kier molecular flexibility index (Phi) is 4.64. The van der Waals surface area contributed by atoms with Gasteiger partial charge in [0, 0.05) is 6.54 Å². The summed E-state index contributed by atoms with van der Waals surface area (Å²) in [6, 6.07) is 12.5. The first-order valence-electron chi connectivity index (χ1n) is 6.66. The third-order valence-electron chi connectivity index (χ3n) is 3.33. The summed E-state index contributed by atoms with van der Waals surface area (Å²) in [5, 5.41) is 3.21. The van der Waals surface area contributed by atoms with Crippen LogP contribution in [0.25, 0.3) is 11.1 Å². The van der Waals surface area contributed by atoms with Gasteiger partial charge in [0.2, 0.25) is 0 Å². The molecule has 0 aliphatic carbocycles. The van der Waals surface area contributed by atoms with Crippen LogP contribution in [0.4, 0.5) is 0 Å². The fourth-order valence-corrected chi connectivity index (χ4v) is 2.31. The zero-order valence-corrected chi connectivity index (χ0v) is 12.5. The summed E-state index contributed by atoms with van der Waals surface area (Å²) in [6.45, 7) is 2.94. The average Bonchev–Trinajstić information content (AvgIpc) is 2.48. The Balaban J connectivity index is 2.52. The van der Waals surface area contributed by atoms with E-state index in [-0.39, 0.29) is 0 Å². The van der Waals surface area contributed by atoms with E-state index in [0.717, 1.165) is 23.6 Å². The van der Waals surface area contributed by atoms with Gasteiger partial charge in [0.05, 0.1) is 14.2 Å². The van der Waals surface area contributed by atoms with Crippen molar-refractivity contribution in [3.8, 4) is 22.6 Å². The number of rotatable bonds is 5. The highest BCUT2D eigenvalue weighted by Crippen LogP contribution is 2.34. The molecule has 0 amide bonds. The summed E-state index contributed by atoms with van der Waals surface area (Å²) >= 11 is 0. The Bertz CT molecular complexity index is 594. The van der Waals surface area contributed by atoms with Crippen LogP contribution in [-0.2, 0) is 6.54 Å². The Morgan fingerprint density at radius 1 is 0.950 bits per heavy atom. The van der Waals surface area contributed by atoms with Crippen LogP contribution in [0.1, 0.15) is 11.1 Å². The van der Waals surface area contributed by atoms with Crippen LogP contribution >= 0.6 is 0 Å². The summed E-state index contributed by atoms with van der Waals surface area (Å²) in [5.74, 6) is 1.50. The number of methoxy groups -OCH3 is 2. The van der Waals surface area contributed by atoms with Crippen molar-refractivity contribution >= 4 is 0 Å². The van der Waals surface area contributed by atoms with Crippen LogP contribution in [0.3, 0.4) is 0 Å². The smallest absolute Gasteiger partial charge is 0.161 e. The maximum absolute atomic E-state index is 5.39. The number of hydrogen-bond acceptors (Lipinski definition) is 3. The zero-order valence-electron chi connectivity index (χ0n) is 12.5. The van der Waals surface area contributed by atoms with E-state index in [4.69, 9.17) is 9.47 Å². The lowest BCUT2D eigenvalue weighted by atomic mass is 9.97. The highest BCUT2D eigenvalue weighted by atomic mass is 16.5. The minimum absolute atomic E-state index is 0.749. The summed E-state index contributed by atoms with van der Waals surface area (Å²) < 4.78 is 10.7. The van der Waals surface area contributed by atoms with Crippen LogP contribution < -0.4 is 14.8 Å². The summed E-state index contributed by atoms with van der Waals surface area (Å²) in [4.78, 5) is 0. The lowest BCUT2D eigenvalue weighted by Crippen LogP contribution is -2.06. The molecule has 3 heteroatoms. The van der Waals surface area contributed by atoms with E-state index in [1.165, 1.54) is 16.7 Å². The van der Waals surface area contributed by atoms with Gasteiger partial charge in [-0.3, -0.25) is 0 Å². The van der Waals surface area contributed by atoms with Gasteiger partial charge >= 0.3 is 0 Å². The van der Waals surface area contributed by atoms with Crippen molar-refractivity contribution < 1.29 is 9.47 Å². The first-order valence-corrected chi connectivity index (χ1v) is 6.66. The second kappa shape index (κ2) is 6.44. The van der Waals surface area contributed by atoms with Crippen molar-refractivity contribution in [2.45, 2.75) is 13.5 Å². The number of nitrogens with one attached hydrogen (secondary N) is 1. The fraction of sp³-hybridized carbons (Fsp3) is 0.294. The number of ether oxygens (including phenoxy) is 2. The molecule has 0 unspecified atom stereocenters. The molecule has 0 atom stereocenters. The first-order chi connectivity index (χ1) is 9.69. The molecule has 0 fully saturated rings. The molecule has 0 aliphatic heterocycles. The van der Waals surface area contributed by atoms with Crippen LogP contribution in [0.2, 0.25) is 0 Å². The van der Waals surface area contributed by atoms with Gasteiger partial charge in [-0.15, -0.1) is 0 Å². The van der Waals surface area contributed by atoms with E-state index in [2.05, 4.69) is 36.5 Å². The van der Waals surface area contributed by atoms with Gasteiger partial charge in [-0.2, -0.15) is 0 Å². The lowest BCUT2D eigenvalue weighted by Gasteiger charge is -2.13. The summed E-state index contributed by atoms with van der Waals surface area (Å²) in [5.41, 5.74) is 4.87. The lowest BCUT2D eigenvalue weighted by molar-refractivity contribution is 0.355. The second-order valence-corrected chi connectivity index (χ2v) is 4.76. The van der Waals surface area contributed by atoms with E-state index in [9.17, 15) is 0 Å². The SMILES string of the molecule is CNCc1ccc(C)cc1-c1ccc(OC)c(OC)c1. The molecule has 2 aromatic rings. The Morgan fingerprint density at radius 2 is 1.70 bits per heavy atom. The molecule has 0 aromatic heterocycles. The standard InChI is InChI=1S/C17H21NO2/c1-12-5-6-14(11-18-2)15(9-12)13-7-8-16(19-3)17(10-13)20-4/h5-10,18H,11H2,1-4H3. The first kappa shape index (κ1) is 14.4.